The Kier molecular flexibility index (Phi) is 4.88. The Labute approximate surface area is 87.0 Å². The van der Waals surface area contributed by atoms with Crippen molar-refractivity contribution in [1.82, 2.24) is 4.90 Å². The Hall–Kier alpha value is -0.630. The summed E-state index contributed by atoms with van der Waals surface area (Å²) in [6, 6.07) is 0. The Bertz CT molecular complexity index is 208. The molecule has 0 spiro atoms. The van der Waals surface area contributed by atoms with E-state index in [-0.39, 0.29) is 5.78 Å². The van der Waals surface area contributed by atoms with Gasteiger partial charge in [-0.25, -0.2) is 0 Å². The fourth-order valence-electron chi connectivity index (χ4n) is 1.88. The molecule has 0 unspecified atom stereocenters. The highest BCUT2D eigenvalue weighted by Gasteiger charge is 2.11. The van der Waals surface area contributed by atoms with Gasteiger partial charge in [0, 0.05) is 0 Å². The smallest absolute Gasteiger partial charge is 0.169 e. The van der Waals surface area contributed by atoms with Crippen LogP contribution in [0.15, 0.2) is 11.6 Å². The normalized spacial score (nSPS) is 18.7. The number of nitrogens with zero attached hydrogens (tertiary/aromatic N) is 1. The number of rotatable bonds is 3. The second-order valence-electron chi connectivity index (χ2n) is 4.38. The highest BCUT2D eigenvalue weighted by atomic mass is 16.1. The van der Waals surface area contributed by atoms with Crippen LogP contribution in [0, 0.1) is 0 Å². The van der Waals surface area contributed by atoms with Crippen LogP contribution < -0.4 is 0 Å². The first-order valence-electron chi connectivity index (χ1n) is 5.58. The van der Waals surface area contributed by atoms with Crippen molar-refractivity contribution in [2.24, 2.45) is 0 Å². The first-order chi connectivity index (χ1) is 6.68. The average Bonchev–Trinajstić information content (AvgIpc) is 2.31. The van der Waals surface area contributed by atoms with Gasteiger partial charge in [0.25, 0.3) is 0 Å². The van der Waals surface area contributed by atoms with Gasteiger partial charge >= 0.3 is 0 Å². The third-order valence-corrected chi connectivity index (χ3v) is 2.53. The molecule has 1 rings (SSSR count). The second kappa shape index (κ2) is 5.97. The van der Waals surface area contributed by atoms with E-state index in [1.165, 1.54) is 25.7 Å². The lowest BCUT2D eigenvalue weighted by Crippen LogP contribution is -2.30. The lowest BCUT2D eigenvalue weighted by molar-refractivity contribution is -0.115. The second-order valence-corrected chi connectivity index (χ2v) is 4.38. The highest BCUT2D eigenvalue weighted by Crippen LogP contribution is 2.09. The van der Waals surface area contributed by atoms with Crippen LogP contribution in [-0.4, -0.2) is 30.3 Å². The molecule has 1 heterocycles. The van der Waals surface area contributed by atoms with Gasteiger partial charge in [0.1, 0.15) is 0 Å². The first-order valence-corrected chi connectivity index (χ1v) is 5.58. The van der Waals surface area contributed by atoms with Gasteiger partial charge in [-0.3, -0.25) is 9.69 Å². The van der Waals surface area contributed by atoms with E-state index in [9.17, 15) is 4.79 Å². The summed E-state index contributed by atoms with van der Waals surface area (Å²) >= 11 is 0. The molecule has 0 saturated carbocycles. The van der Waals surface area contributed by atoms with Crippen molar-refractivity contribution in [3.63, 3.8) is 0 Å². The summed E-state index contributed by atoms with van der Waals surface area (Å²) in [5.74, 6) is 0.256. The minimum atomic E-state index is 0.256. The molecule has 0 aromatic heterocycles. The molecule has 14 heavy (non-hydrogen) atoms. The molecule has 0 N–H and O–H groups in total. The number of allylic oxidation sites excluding steroid dienone is 1. The largest absolute Gasteiger partial charge is 0.296 e. The predicted molar refractivity (Wildman–Crippen MR) is 59.3 cm³/mol. The molecule has 1 aliphatic rings. The van der Waals surface area contributed by atoms with Crippen LogP contribution >= 0.6 is 0 Å². The van der Waals surface area contributed by atoms with Crippen molar-refractivity contribution in [3.8, 4) is 0 Å². The summed E-state index contributed by atoms with van der Waals surface area (Å²) in [5, 5.41) is 0. The van der Waals surface area contributed by atoms with E-state index in [1.807, 2.05) is 13.8 Å². The van der Waals surface area contributed by atoms with E-state index in [4.69, 9.17) is 0 Å². The number of likely N-dealkylation sites (tertiary alicyclic amines) is 1. The Balaban J connectivity index is 2.34. The summed E-state index contributed by atoms with van der Waals surface area (Å²) in [5.41, 5.74) is 1.10. The van der Waals surface area contributed by atoms with Gasteiger partial charge in [-0.15, -0.1) is 0 Å². The predicted octanol–water partition coefficient (Wildman–Crippen LogP) is 2.40. The van der Waals surface area contributed by atoms with Crippen LogP contribution in [0.25, 0.3) is 0 Å². The van der Waals surface area contributed by atoms with Crippen molar-refractivity contribution in [2.75, 3.05) is 19.6 Å². The van der Waals surface area contributed by atoms with Crippen molar-refractivity contribution >= 4 is 5.78 Å². The summed E-state index contributed by atoms with van der Waals surface area (Å²) in [6.07, 6.45) is 6.91. The van der Waals surface area contributed by atoms with Gasteiger partial charge in [0.2, 0.25) is 0 Å². The van der Waals surface area contributed by atoms with E-state index in [0.29, 0.717) is 6.54 Å². The third kappa shape index (κ3) is 4.56. The van der Waals surface area contributed by atoms with E-state index in [1.54, 1.807) is 6.08 Å². The Morgan fingerprint density at radius 3 is 2.21 bits per heavy atom. The maximum Gasteiger partial charge on any atom is 0.169 e. The molecular formula is C12H21NO. The molecule has 1 saturated heterocycles. The maximum absolute atomic E-state index is 11.5. The third-order valence-electron chi connectivity index (χ3n) is 2.53. The zero-order chi connectivity index (χ0) is 10.4. The molecule has 1 fully saturated rings. The molecule has 0 aromatic rings. The zero-order valence-corrected chi connectivity index (χ0v) is 9.38. The highest BCUT2D eigenvalue weighted by molar-refractivity contribution is 5.91. The monoisotopic (exact) mass is 195 g/mol. The minimum absolute atomic E-state index is 0.256. The number of hydrogen-bond acceptors (Lipinski definition) is 2. The van der Waals surface area contributed by atoms with Gasteiger partial charge in [-0.05, 0) is 45.9 Å². The van der Waals surface area contributed by atoms with Crippen LogP contribution in [0.5, 0.6) is 0 Å². The van der Waals surface area contributed by atoms with Crippen LogP contribution in [0.4, 0.5) is 0 Å². The first kappa shape index (κ1) is 11.4. The van der Waals surface area contributed by atoms with Crippen LogP contribution in [0.1, 0.15) is 39.5 Å². The lowest BCUT2D eigenvalue weighted by Gasteiger charge is -2.17. The van der Waals surface area contributed by atoms with Crippen LogP contribution in [0.3, 0.4) is 0 Å². The minimum Gasteiger partial charge on any atom is -0.296 e. The number of carbonyl (C=O) groups is 1. The van der Waals surface area contributed by atoms with E-state index in [2.05, 4.69) is 4.90 Å². The Morgan fingerprint density at radius 2 is 1.71 bits per heavy atom. The van der Waals surface area contributed by atoms with Crippen molar-refractivity contribution in [1.29, 1.82) is 0 Å². The number of carbonyl (C=O) groups excluding carboxylic acids is 1. The molecule has 2 nitrogen and oxygen atoms in total. The summed E-state index contributed by atoms with van der Waals surface area (Å²) < 4.78 is 0. The van der Waals surface area contributed by atoms with Gasteiger partial charge in [0.15, 0.2) is 5.78 Å². The standard InChI is InChI=1S/C12H21NO/c1-11(2)9-12(14)10-13-7-5-3-4-6-8-13/h9H,3-8,10H2,1-2H3. The molecule has 0 aromatic carbocycles. The van der Waals surface area contributed by atoms with Crippen molar-refractivity contribution in [3.05, 3.63) is 11.6 Å². The summed E-state index contributed by atoms with van der Waals surface area (Å²) in [4.78, 5) is 13.8. The molecule has 0 radical (unpaired) electrons. The van der Waals surface area contributed by atoms with Gasteiger partial charge in [0.05, 0.1) is 6.54 Å². The van der Waals surface area contributed by atoms with Crippen LogP contribution in [0.2, 0.25) is 0 Å². The van der Waals surface area contributed by atoms with Gasteiger partial charge in [-0.2, -0.15) is 0 Å². The molecule has 1 aliphatic heterocycles. The van der Waals surface area contributed by atoms with Gasteiger partial charge in [-0.1, -0.05) is 18.4 Å². The van der Waals surface area contributed by atoms with Crippen molar-refractivity contribution < 1.29 is 4.79 Å². The SMILES string of the molecule is CC(C)=CC(=O)CN1CCCCCC1. The molecule has 80 valence electrons. The fraction of sp³-hybridized carbons (Fsp3) is 0.750. The van der Waals surface area contributed by atoms with E-state index < -0.39 is 0 Å². The molecule has 0 atom stereocenters. The zero-order valence-electron chi connectivity index (χ0n) is 9.38. The fourth-order valence-corrected chi connectivity index (χ4v) is 1.88. The number of hydrogen-bond donors (Lipinski definition) is 0. The van der Waals surface area contributed by atoms with Crippen molar-refractivity contribution in [2.45, 2.75) is 39.5 Å². The topological polar surface area (TPSA) is 20.3 Å². The van der Waals surface area contributed by atoms with E-state index >= 15 is 0 Å². The van der Waals surface area contributed by atoms with Gasteiger partial charge < -0.3 is 0 Å². The average molecular weight is 195 g/mol. The molecule has 0 amide bonds. The van der Waals surface area contributed by atoms with Crippen LogP contribution in [-0.2, 0) is 4.79 Å². The van der Waals surface area contributed by atoms with E-state index in [0.717, 1.165) is 18.7 Å². The summed E-state index contributed by atoms with van der Waals surface area (Å²) in [7, 11) is 0. The quantitative estimate of drug-likeness (QED) is 0.644. The summed E-state index contributed by atoms with van der Waals surface area (Å²) in [6.45, 7) is 6.76. The lowest BCUT2D eigenvalue weighted by atomic mass is 10.2. The maximum atomic E-state index is 11.5. The molecular weight excluding hydrogens is 174 g/mol. The number of ketones is 1. The molecule has 0 bridgehead atoms. The molecule has 2 heteroatoms. The Morgan fingerprint density at radius 1 is 1.14 bits per heavy atom. The molecule has 0 aliphatic carbocycles.